The summed E-state index contributed by atoms with van der Waals surface area (Å²) in [6.45, 7) is 2.01. The maximum Gasteiger partial charge on any atom is 0.291 e. The lowest BCUT2D eigenvalue weighted by Crippen LogP contribution is -2.30. The largest absolute Gasteiger partial charge is 0.451 e. The number of benzene rings is 2. The molecule has 4 rings (SSSR count). The molecule has 0 bridgehead atoms. The van der Waals surface area contributed by atoms with E-state index in [1.165, 1.54) is 19.3 Å². The summed E-state index contributed by atoms with van der Waals surface area (Å²) in [6.07, 6.45) is 3.60. The first-order chi connectivity index (χ1) is 13.6. The zero-order chi connectivity index (χ0) is 19.5. The molecular formula is C22H20Cl2N2O2. The van der Waals surface area contributed by atoms with Crippen LogP contribution in [0.5, 0.6) is 0 Å². The molecule has 0 radical (unpaired) electrons. The standard InChI is InChI=1S/C22H20Cl2N2O2/c23-16-8-6-7-15(21(16)24)19-11-12-20(28-19)22(27)25-17-9-2-3-10-18(17)26-13-4-1-5-14-26/h2-3,6-12H,1,4-5,13-14H2,(H,25,27). The van der Waals surface area contributed by atoms with E-state index in [-0.39, 0.29) is 11.7 Å². The fourth-order valence-corrected chi connectivity index (χ4v) is 3.87. The van der Waals surface area contributed by atoms with Gasteiger partial charge in [0, 0.05) is 18.7 Å². The number of hydrogen-bond acceptors (Lipinski definition) is 3. The number of amides is 1. The molecule has 2 heterocycles. The Kier molecular flexibility index (Phi) is 5.60. The number of nitrogens with one attached hydrogen (secondary N) is 1. The maximum absolute atomic E-state index is 12.8. The molecule has 3 aromatic rings. The average molecular weight is 415 g/mol. The highest BCUT2D eigenvalue weighted by Crippen LogP contribution is 2.35. The molecule has 1 aliphatic rings. The summed E-state index contributed by atoms with van der Waals surface area (Å²) in [5.74, 6) is 0.426. The van der Waals surface area contributed by atoms with Crippen molar-refractivity contribution in [2.24, 2.45) is 0 Å². The van der Waals surface area contributed by atoms with E-state index in [0.717, 1.165) is 24.5 Å². The highest BCUT2D eigenvalue weighted by Gasteiger charge is 2.18. The molecule has 0 spiro atoms. The van der Waals surface area contributed by atoms with E-state index >= 15 is 0 Å². The number of halogens is 2. The summed E-state index contributed by atoms with van der Waals surface area (Å²) in [7, 11) is 0. The van der Waals surface area contributed by atoms with Crippen LogP contribution in [-0.4, -0.2) is 19.0 Å². The Morgan fingerprint density at radius 1 is 0.929 bits per heavy atom. The zero-order valence-corrected chi connectivity index (χ0v) is 16.8. The van der Waals surface area contributed by atoms with Crippen LogP contribution in [-0.2, 0) is 0 Å². The number of hydrogen-bond donors (Lipinski definition) is 1. The topological polar surface area (TPSA) is 45.5 Å². The zero-order valence-electron chi connectivity index (χ0n) is 15.3. The SMILES string of the molecule is O=C(Nc1ccccc1N1CCCCC1)c1ccc(-c2cccc(Cl)c2Cl)o1. The van der Waals surface area contributed by atoms with E-state index in [1.54, 1.807) is 30.3 Å². The van der Waals surface area contributed by atoms with Crippen molar-refractivity contribution in [1.29, 1.82) is 0 Å². The summed E-state index contributed by atoms with van der Waals surface area (Å²) in [5.41, 5.74) is 2.48. The van der Waals surface area contributed by atoms with Gasteiger partial charge in [0.1, 0.15) is 5.76 Å². The predicted octanol–water partition coefficient (Wildman–Crippen LogP) is 6.50. The third kappa shape index (κ3) is 3.89. The van der Waals surface area contributed by atoms with E-state index in [0.29, 0.717) is 21.4 Å². The fourth-order valence-electron chi connectivity index (χ4n) is 3.47. The molecule has 0 saturated carbocycles. The average Bonchev–Trinajstić information content (AvgIpc) is 3.21. The number of carbonyl (C=O) groups excluding carboxylic acids is 1. The van der Waals surface area contributed by atoms with Crippen LogP contribution in [0.3, 0.4) is 0 Å². The van der Waals surface area contributed by atoms with Crippen molar-refractivity contribution in [3.05, 3.63) is 70.4 Å². The number of rotatable bonds is 4. The first-order valence-corrected chi connectivity index (χ1v) is 10.1. The van der Waals surface area contributed by atoms with Gasteiger partial charge in [-0.15, -0.1) is 0 Å². The van der Waals surface area contributed by atoms with Crippen molar-refractivity contribution < 1.29 is 9.21 Å². The van der Waals surface area contributed by atoms with Crippen molar-refractivity contribution >= 4 is 40.5 Å². The number of para-hydroxylation sites is 2. The predicted molar refractivity (Wildman–Crippen MR) is 115 cm³/mol. The second-order valence-electron chi connectivity index (χ2n) is 6.78. The molecule has 4 nitrogen and oxygen atoms in total. The molecule has 6 heteroatoms. The Bertz CT molecular complexity index is 994. The Hall–Kier alpha value is -2.43. The van der Waals surface area contributed by atoms with Gasteiger partial charge < -0.3 is 14.6 Å². The van der Waals surface area contributed by atoms with Crippen LogP contribution < -0.4 is 10.2 Å². The molecule has 0 unspecified atom stereocenters. The minimum atomic E-state index is -0.297. The summed E-state index contributed by atoms with van der Waals surface area (Å²) >= 11 is 12.3. The maximum atomic E-state index is 12.8. The Labute approximate surface area is 174 Å². The number of carbonyl (C=O) groups is 1. The second-order valence-corrected chi connectivity index (χ2v) is 7.57. The van der Waals surface area contributed by atoms with Crippen LogP contribution >= 0.6 is 23.2 Å². The van der Waals surface area contributed by atoms with Gasteiger partial charge in [-0.1, -0.05) is 41.4 Å². The van der Waals surface area contributed by atoms with Crippen LogP contribution in [0.1, 0.15) is 29.8 Å². The first-order valence-electron chi connectivity index (χ1n) is 9.33. The fraction of sp³-hybridized carbons (Fsp3) is 0.227. The van der Waals surface area contributed by atoms with Crippen LogP contribution in [0, 0.1) is 0 Å². The molecule has 1 amide bonds. The highest BCUT2D eigenvalue weighted by atomic mass is 35.5. The van der Waals surface area contributed by atoms with Gasteiger partial charge in [0.2, 0.25) is 0 Å². The first kappa shape index (κ1) is 18.9. The van der Waals surface area contributed by atoms with Gasteiger partial charge in [-0.05, 0) is 55.7 Å². The molecule has 0 atom stereocenters. The summed E-state index contributed by atoms with van der Waals surface area (Å²) in [6, 6.07) is 16.5. The number of furan rings is 1. The lowest BCUT2D eigenvalue weighted by Gasteiger charge is -2.30. The van der Waals surface area contributed by atoms with Crippen molar-refractivity contribution in [2.45, 2.75) is 19.3 Å². The Morgan fingerprint density at radius 2 is 1.71 bits per heavy atom. The molecular weight excluding hydrogens is 395 g/mol. The van der Waals surface area contributed by atoms with Crippen LogP contribution in [0.4, 0.5) is 11.4 Å². The minimum absolute atomic E-state index is 0.222. The molecule has 1 aromatic heterocycles. The molecule has 1 aliphatic heterocycles. The Morgan fingerprint density at radius 3 is 2.54 bits per heavy atom. The number of nitrogens with zero attached hydrogens (tertiary/aromatic N) is 1. The Balaban J connectivity index is 1.55. The monoisotopic (exact) mass is 414 g/mol. The van der Waals surface area contributed by atoms with Crippen LogP contribution in [0.2, 0.25) is 10.0 Å². The van der Waals surface area contributed by atoms with E-state index < -0.39 is 0 Å². The lowest BCUT2D eigenvalue weighted by molar-refractivity contribution is 0.0997. The smallest absolute Gasteiger partial charge is 0.291 e. The van der Waals surface area contributed by atoms with E-state index in [1.807, 2.05) is 24.3 Å². The van der Waals surface area contributed by atoms with Crippen molar-refractivity contribution in [1.82, 2.24) is 0 Å². The molecule has 144 valence electrons. The molecule has 1 fully saturated rings. The molecule has 0 aliphatic carbocycles. The quantitative estimate of drug-likeness (QED) is 0.529. The van der Waals surface area contributed by atoms with Gasteiger partial charge in [-0.25, -0.2) is 0 Å². The number of anilines is 2. The summed E-state index contributed by atoms with van der Waals surface area (Å²) in [5, 5.41) is 3.83. The van der Waals surface area contributed by atoms with Gasteiger partial charge in [-0.2, -0.15) is 0 Å². The minimum Gasteiger partial charge on any atom is -0.451 e. The van der Waals surface area contributed by atoms with Gasteiger partial charge in [0.05, 0.1) is 21.4 Å². The van der Waals surface area contributed by atoms with Crippen molar-refractivity contribution in [3.8, 4) is 11.3 Å². The molecule has 28 heavy (non-hydrogen) atoms. The van der Waals surface area contributed by atoms with E-state index in [4.69, 9.17) is 27.6 Å². The van der Waals surface area contributed by atoms with Crippen LogP contribution in [0.25, 0.3) is 11.3 Å². The van der Waals surface area contributed by atoms with Gasteiger partial charge >= 0.3 is 0 Å². The summed E-state index contributed by atoms with van der Waals surface area (Å²) < 4.78 is 5.76. The van der Waals surface area contributed by atoms with Crippen molar-refractivity contribution in [3.63, 3.8) is 0 Å². The lowest BCUT2D eigenvalue weighted by atomic mass is 10.1. The summed E-state index contributed by atoms with van der Waals surface area (Å²) in [4.78, 5) is 15.1. The third-order valence-electron chi connectivity index (χ3n) is 4.90. The van der Waals surface area contributed by atoms with E-state index in [2.05, 4.69) is 10.2 Å². The van der Waals surface area contributed by atoms with E-state index in [9.17, 15) is 4.79 Å². The van der Waals surface area contributed by atoms with Crippen molar-refractivity contribution in [2.75, 3.05) is 23.3 Å². The normalized spacial score (nSPS) is 14.1. The van der Waals surface area contributed by atoms with Crippen LogP contribution in [0.15, 0.2) is 59.0 Å². The molecule has 1 N–H and O–H groups in total. The molecule has 1 saturated heterocycles. The van der Waals surface area contributed by atoms with Gasteiger partial charge in [-0.3, -0.25) is 4.79 Å². The second kappa shape index (κ2) is 8.29. The molecule has 2 aromatic carbocycles. The van der Waals surface area contributed by atoms with Gasteiger partial charge in [0.25, 0.3) is 5.91 Å². The number of piperidine rings is 1. The highest BCUT2D eigenvalue weighted by molar-refractivity contribution is 6.43. The van der Waals surface area contributed by atoms with Gasteiger partial charge in [0.15, 0.2) is 5.76 Å². The third-order valence-corrected chi connectivity index (χ3v) is 5.71.